The van der Waals surface area contributed by atoms with E-state index in [0.717, 1.165) is 23.5 Å². The van der Waals surface area contributed by atoms with Gasteiger partial charge in [-0.05, 0) is 25.0 Å². The fraction of sp³-hybridized carbons (Fsp3) is 0.231. The predicted molar refractivity (Wildman–Crippen MR) is 69.0 cm³/mol. The molecule has 0 atom stereocenters. The van der Waals surface area contributed by atoms with E-state index in [2.05, 4.69) is 35.9 Å². The van der Waals surface area contributed by atoms with Gasteiger partial charge >= 0.3 is 0 Å². The van der Waals surface area contributed by atoms with Gasteiger partial charge in [-0.2, -0.15) is 0 Å². The molecule has 2 nitrogen and oxygen atoms in total. The molecule has 0 saturated carbocycles. The molecule has 0 radical (unpaired) electrons. The Morgan fingerprint density at radius 2 is 2.06 bits per heavy atom. The standard InChI is InChI=1S/C13H14N2S/c1-3-10-8-12(16)15-13(14-10)11-7-5-4-6-9(11)2/h4-8H,3H2,1-2H3,(H,14,15,16). The Morgan fingerprint density at radius 1 is 1.31 bits per heavy atom. The summed E-state index contributed by atoms with van der Waals surface area (Å²) >= 11 is 5.17. The minimum absolute atomic E-state index is 0.647. The van der Waals surface area contributed by atoms with Gasteiger partial charge < -0.3 is 4.98 Å². The summed E-state index contributed by atoms with van der Waals surface area (Å²) in [7, 11) is 0. The molecular formula is C13H14N2S. The van der Waals surface area contributed by atoms with Crippen LogP contribution in [-0.2, 0) is 6.42 Å². The number of rotatable bonds is 2. The summed E-state index contributed by atoms with van der Waals surface area (Å²) < 4.78 is 0.647. The zero-order chi connectivity index (χ0) is 11.5. The molecule has 0 amide bonds. The average molecular weight is 230 g/mol. The first kappa shape index (κ1) is 11.0. The number of aryl methyl sites for hydroxylation is 2. The van der Waals surface area contributed by atoms with Crippen molar-refractivity contribution < 1.29 is 0 Å². The van der Waals surface area contributed by atoms with Crippen LogP contribution in [0.25, 0.3) is 11.4 Å². The van der Waals surface area contributed by atoms with E-state index < -0.39 is 0 Å². The molecule has 1 aromatic heterocycles. The zero-order valence-corrected chi connectivity index (χ0v) is 10.3. The van der Waals surface area contributed by atoms with Crippen LogP contribution in [0, 0.1) is 11.6 Å². The molecule has 0 aliphatic heterocycles. The van der Waals surface area contributed by atoms with E-state index in [0.29, 0.717) is 4.64 Å². The van der Waals surface area contributed by atoms with Crippen molar-refractivity contribution in [3.8, 4) is 11.4 Å². The van der Waals surface area contributed by atoms with E-state index in [1.165, 1.54) is 5.56 Å². The molecule has 1 N–H and O–H groups in total. The Labute approximate surface area is 100 Å². The summed E-state index contributed by atoms with van der Waals surface area (Å²) in [4.78, 5) is 7.69. The van der Waals surface area contributed by atoms with E-state index in [4.69, 9.17) is 12.2 Å². The first-order chi connectivity index (χ1) is 7.70. The lowest BCUT2D eigenvalue weighted by Gasteiger charge is -2.06. The molecule has 0 aliphatic rings. The van der Waals surface area contributed by atoms with Crippen LogP contribution < -0.4 is 0 Å². The fourth-order valence-electron chi connectivity index (χ4n) is 1.66. The highest BCUT2D eigenvalue weighted by Gasteiger charge is 2.03. The molecule has 2 rings (SSSR count). The van der Waals surface area contributed by atoms with E-state index in [-0.39, 0.29) is 0 Å². The van der Waals surface area contributed by atoms with Gasteiger partial charge in [0.05, 0.1) is 0 Å². The molecule has 1 aromatic carbocycles. The molecule has 3 heteroatoms. The van der Waals surface area contributed by atoms with Crippen molar-refractivity contribution in [2.75, 3.05) is 0 Å². The van der Waals surface area contributed by atoms with Gasteiger partial charge in [-0.3, -0.25) is 0 Å². The maximum Gasteiger partial charge on any atom is 0.139 e. The number of aromatic nitrogens is 2. The van der Waals surface area contributed by atoms with Gasteiger partial charge in [-0.15, -0.1) is 0 Å². The van der Waals surface area contributed by atoms with Gasteiger partial charge in [0, 0.05) is 11.3 Å². The predicted octanol–water partition coefficient (Wildman–Crippen LogP) is 3.68. The second-order valence-corrected chi connectivity index (χ2v) is 4.18. The summed E-state index contributed by atoms with van der Waals surface area (Å²) in [6.45, 7) is 4.18. The first-order valence-corrected chi connectivity index (χ1v) is 5.77. The Morgan fingerprint density at radius 3 is 2.75 bits per heavy atom. The van der Waals surface area contributed by atoms with E-state index in [1.807, 2.05) is 18.2 Å². The van der Waals surface area contributed by atoms with Gasteiger partial charge in [-0.25, -0.2) is 4.98 Å². The SMILES string of the molecule is CCc1cc(=S)nc(-c2ccccc2C)[nH]1. The smallest absolute Gasteiger partial charge is 0.139 e. The molecule has 0 saturated heterocycles. The maximum absolute atomic E-state index is 5.17. The lowest BCUT2D eigenvalue weighted by atomic mass is 10.1. The number of hydrogen-bond donors (Lipinski definition) is 1. The van der Waals surface area contributed by atoms with Crippen molar-refractivity contribution >= 4 is 12.2 Å². The number of nitrogens with one attached hydrogen (secondary N) is 1. The zero-order valence-electron chi connectivity index (χ0n) is 9.45. The van der Waals surface area contributed by atoms with Gasteiger partial charge in [-0.1, -0.05) is 43.4 Å². The molecule has 2 aromatic rings. The van der Waals surface area contributed by atoms with E-state index >= 15 is 0 Å². The minimum Gasteiger partial charge on any atom is -0.343 e. The van der Waals surface area contributed by atoms with Crippen molar-refractivity contribution in [1.29, 1.82) is 0 Å². The number of H-pyrrole nitrogens is 1. The van der Waals surface area contributed by atoms with Crippen LogP contribution in [-0.4, -0.2) is 9.97 Å². The Kier molecular flexibility index (Phi) is 3.15. The van der Waals surface area contributed by atoms with Gasteiger partial charge in [0.2, 0.25) is 0 Å². The Hall–Kier alpha value is -1.48. The number of hydrogen-bond acceptors (Lipinski definition) is 2. The lowest BCUT2D eigenvalue weighted by molar-refractivity contribution is 0.997. The summed E-state index contributed by atoms with van der Waals surface area (Å²) in [6.07, 6.45) is 0.936. The highest BCUT2D eigenvalue weighted by molar-refractivity contribution is 7.71. The number of benzene rings is 1. The van der Waals surface area contributed by atoms with Crippen molar-refractivity contribution in [2.24, 2.45) is 0 Å². The maximum atomic E-state index is 5.17. The van der Waals surface area contributed by atoms with E-state index in [9.17, 15) is 0 Å². The largest absolute Gasteiger partial charge is 0.343 e. The van der Waals surface area contributed by atoms with Crippen LogP contribution in [0.2, 0.25) is 0 Å². The van der Waals surface area contributed by atoms with Crippen LogP contribution in [0.15, 0.2) is 30.3 Å². The van der Waals surface area contributed by atoms with Gasteiger partial charge in [0.15, 0.2) is 0 Å². The molecule has 0 spiro atoms. The average Bonchev–Trinajstić information content (AvgIpc) is 2.28. The second kappa shape index (κ2) is 4.58. The van der Waals surface area contributed by atoms with Crippen LogP contribution in [0.1, 0.15) is 18.2 Å². The highest BCUT2D eigenvalue weighted by Crippen LogP contribution is 2.19. The van der Waals surface area contributed by atoms with Crippen molar-refractivity contribution in [3.05, 3.63) is 46.2 Å². The molecule has 0 fully saturated rings. The molecule has 16 heavy (non-hydrogen) atoms. The van der Waals surface area contributed by atoms with Gasteiger partial charge in [0.25, 0.3) is 0 Å². The molecular weight excluding hydrogens is 216 g/mol. The summed E-state index contributed by atoms with van der Waals surface area (Å²) in [6, 6.07) is 10.1. The second-order valence-electron chi connectivity index (χ2n) is 3.76. The minimum atomic E-state index is 0.647. The molecule has 0 bridgehead atoms. The van der Waals surface area contributed by atoms with Crippen LogP contribution >= 0.6 is 12.2 Å². The topological polar surface area (TPSA) is 28.7 Å². The van der Waals surface area contributed by atoms with Crippen molar-refractivity contribution in [3.63, 3.8) is 0 Å². The molecule has 1 heterocycles. The number of nitrogens with zero attached hydrogens (tertiary/aromatic N) is 1. The highest BCUT2D eigenvalue weighted by atomic mass is 32.1. The monoisotopic (exact) mass is 230 g/mol. The van der Waals surface area contributed by atoms with Crippen molar-refractivity contribution in [2.45, 2.75) is 20.3 Å². The summed E-state index contributed by atoms with van der Waals surface area (Å²) in [5, 5.41) is 0. The van der Waals surface area contributed by atoms with Crippen molar-refractivity contribution in [1.82, 2.24) is 9.97 Å². The van der Waals surface area contributed by atoms with Crippen LogP contribution in [0.5, 0.6) is 0 Å². The Balaban J connectivity index is 2.60. The van der Waals surface area contributed by atoms with Gasteiger partial charge in [0.1, 0.15) is 10.5 Å². The Bertz CT molecular complexity index is 558. The third-order valence-electron chi connectivity index (χ3n) is 2.58. The molecule has 0 aliphatic carbocycles. The quantitative estimate of drug-likeness (QED) is 0.797. The summed E-state index contributed by atoms with van der Waals surface area (Å²) in [5.74, 6) is 0.863. The fourth-order valence-corrected chi connectivity index (χ4v) is 1.90. The summed E-state index contributed by atoms with van der Waals surface area (Å²) in [5.41, 5.74) is 3.44. The van der Waals surface area contributed by atoms with Crippen LogP contribution in [0.3, 0.4) is 0 Å². The third-order valence-corrected chi connectivity index (χ3v) is 2.79. The van der Waals surface area contributed by atoms with Crippen LogP contribution in [0.4, 0.5) is 0 Å². The first-order valence-electron chi connectivity index (χ1n) is 5.37. The third kappa shape index (κ3) is 2.19. The van der Waals surface area contributed by atoms with E-state index in [1.54, 1.807) is 0 Å². The molecule has 82 valence electrons. The normalized spacial score (nSPS) is 10.4. The number of aromatic amines is 1. The lowest BCUT2D eigenvalue weighted by Crippen LogP contribution is -1.96. The molecule has 0 unspecified atom stereocenters.